The molecule has 0 aromatic carbocycles. The van der Waals surface area contributed by atoms with Gasteiger partial charge in [0.25, 0.3) is 5.91 Å². The molecule has 1 N–H and O–H groups in total. The van der Waals surface area contributed by atoms with E-state index in [4.69, 9.17) is 4.74 Å². The molecule has 0 fully saturated rings. The molecule has 9 heteroatoms. The Morgan fingerprint density at radius 2 is 2.21 bits per heavy atom. The van der Waals surface area contributed by atoms with Gasteiger partial charge in [0.2, 0.25) is 0 Å². The number of halogens is 3. The summed E-state index contributed by atoms with van der Waals surface area (Å²) < 4.78 is 45.6. The number of aromatic nitrogens is 3. The van der Waals surface area contributed by atoms with Crippen LogP contribution in [-0.2, 0) is 30.5 Å². The molecule has 0 unspecified atom stereocenters. The first-order valence-corrected chi connectivity index (χ1v) is 7.39. The lowest BCUT2D eigenvalue weighted by Gasteiger charge is -2.15. The quantitative estimate of drug-likeness (QED) is 0.921. The van der Waals surface area contributed by atoms with Crippen molar-refractivity contribution in [2.24, 2.45) is 0 Å². The van der Waals surface area contributed by atoms with Gasteiger partial charge in [-0.15, -0.1) is 0 Å². The molecular weight excluding hydrogens is 325 g/mol. The maximum Gasteiger partial charge on any atom is 0.435 e. The topological polar surface area (TPSA) is 69.0 Å². The normalized spacial score (nSPS) is 14.3. The Kier molecular flexibility index (Phi) is 4.52. The highest BCUT2D eigenvalue weighted by molar-refractivity contribution is 5.92. The van der Waals surface area contributed by atoms with Crippen molar-refractivity contribution in [1.29, 1.82) is 0 Å². The molecule has 2 aromatic rings. The molecular formula is C15H15F3N4O2. The largest absolute Gasteiger partial charge is 0.435 e. The maximum atomic E-state index is 13.1. The lowest BCUT2D eigenvalue weighted by molar-refractivity contribution is -0.142. The van der Waals surface area contributed by atoms with Gasteiger partial charge in [-0.3, -0.25) is 14.5 Å². The van der Waals surface area contributed by atoms with Crippen LogP contribution in [0.5, 0.6) is 0 Å². The molecule has 0 spiro atoms. The van der Waals surface area contributed by atoms with Crippen molar-refractivity contribution in [2.75, 3.05) is 13.2 Å². The number of hydrogen-bond acceptors (Lipinski definition) is 4. The third-order valence-electron chi connectivity index (χ3n) is 3.67. The fourth-order valence-electron chi connectivity index (χ4n) is 2.58. The molecule has 6 nitrogen and oxygen atoms in total. The summed E-state index contributed by atoms with van der Waals surface area (Å²) in [5, 5.41) is 6.30. The summed E-state index contributed by atoms with van der Waals surface area (Å²) in [7, 11) is 0. The minimum atomic E-state index is -4.52. The van der Waals surface area contributed by atoms with Crippen molar-refractivity contribution in [1.82, 2.24) is 20.1 Å². The van der Waals surface area contributed by atoms with Crippen molar-refractivity contribution in [3.8, 4) is 0 Å². The van der Waals surface area contributed by atoms with E-state index < -0.39 is 11.9 Å². The summed E-state index contributed by atoms with van der Waals surface area (Å²) in [6.07, 6.45) is -2.66. The Morgan fingerprint density at radius 1 is 1.38 bits per heavy atom. The summed E-state index contributed by atoms with van der Waals surface area (Å²) in [4.78, 5) is 15.8. The monoisotopic (exact) mass is 340 g/mol. The average Bonchev–Trinajstić information content (AvgIpc) is 2.95. The van der Waals surface area contributed by atoms with Crippen LogP contribution in [0.4, 0.5) is 13.2 Å². The number of pyridine rings is 1. The van der Waals surface area contributed by atoms with E-state index >= 15 is 0 Å². The Hall–Kier alpha value is -2.42. The van der Waals surface area contributed by atoms with Gasteiger partial charge in [0.05, 0.1) is 19.8 Å². The molecule has 24 heavy (non-hydrogen) atoms. The van der Waals surface area contributed by atoms with Gasteiger partial charge in [-0.25, -0.2) is 0 Å². The smallest absolute Gasteiger partial charge is 0.376 e. The first kappa shape index (κ1) is 16.4. The highest BCUT2D eigenvalue weighted by atomic mass is 19.4. The predicted molar refractivity (Wildman–Crippen MR) is 77.2 cm³/mol. The molecule has 0 bridgehead atoms. The van der Waals surface area contributed by atoms with Crippen LogP contribution >= 0.6 is 0 Å². The van der Waals surface area contributed by atoms with Crippen molar-refractivity contribution in [3.05, 3.63) is 47.0 Å². The average molecular weight is 340 g/mol. The fraction of sp³-hybridized carbons (Fsp3) is 0.400. The van der Waals surface area contributed by atoms with E-state index in [2.05, 4.69) is 15.4 Å². The van der Waals surface area contributed by atoms with E-state index in [1.54, 1.807) is 18.2 Å². The van der Waals surface area contributed by atoms with Crippen LogP contribution in [0.3, 0.4) is 0 Å². The van der Waals surface area contributed by atoms with Crippen LogP contribution in [-0.4, -0.2) is 33.8 Å². The van der Waals surface area contributed by atoms with Crippen LogP contribution in [0.15, 0.2) is 24.4 Å². The summed E-state index contributed by atoms with van der Waals surface area (Å²) >= 11 is 0. The van der Waals surface area contributed by atoms with Gasteiger partial charge in [-0.1, -0.05) is 6.07 Å². The molecule has 1 aliphatic rings. The molecule has 2 aromatic heterocycles. The maximum absolute atomic E-state index is 13.1. The second-order valence-electron chi connectivity index (χ2n) is 5.27. The van der Waals surface area contributed by atoms with Gasteiger partial charge < -0.3 is 10.1 Å². The Labute approximate surface area is 135 Å². The first-order valence-electron chi connectivity index (χ1n) is 7.39. The van der Waals surface area contributed by atoms with Crippen LogP contribution in [0.1, 0.15) is 27.4 Å². The molecule has 3 heterocycles. The first-order chi connectivity index (χ1) is 11.5. The molecule has 128 valence electrons. The molecule has 0 aliphatic carbocycles. The van der Waals surface area contributed by atoms with E-state index in [-0.39, 0.29) is 36.9 Å². The molecule has 0 atom stereocenters. The lowest BCUT2D eigenvalue weighted by Crippen LogP contribution is -2.29. The number of ether oxygens (including phenoxy) is 1. The number of amides is 1. The standard InChI is InChI=1S/C15H15F3N4O2/c16-15(17,18)13-10-9-24-8-4-12(10)22(21-13)7-6-20-14(23)11-3-1-2-5-19-11/h1-3,5H,4,6-9H2,(H,20,23). The van der Waals surface area contributed by atoms with Crippen molar-refractivity contribution < 1.29 is 22.7 Å². The number of hydrogen-bond donors (Lipinski definition) is 1. The zero-order valence-electron chi connectivity index (χ0n) is 12.6. The molecule has 3 rings (SSSR count). The van der Waals surface area contributed by atoms with Gasteiger partial charge in [-0.2, -0.15) is 18.3 Å². The number of rotatable bonds is 4. The van der Waals surface area contributed by atoms with Gasteiger partial charge in [0.15, 0.2) is 5.69 Å². The highest BCUT2D eigenvalue weighted by Gasteiger charge is 2.39. The summed E-state index contributed by atoms with van der Waals surface area (Å²) in [5.41, 5.74) is -0.0527. The van der Waals surface area contributed by atoms with Gasteiger partial charge >= 0.3 is 6.18 Å². The van der Waals surface area contributed by atoms with Crippen molar-refractivity contribution >= 4 is 5.91 Å². The summed E-state index contributed by atoms with van der Waals surface area (Å²) in [6.45, 7) is 0.569. The van der Waals surface area contributed by atoms with Gasteiger partial charge in [0, 0.05) is 30.4 Å². The number of fused-ring (bicyclic) bond motifs is 1. The van der Waals surface area contributed by atoms with Crippen LogP contribution < -0.4 is 5.32 Å². The minimum Gasteiger partial charge on any atom is -0.376 e. The van der Waals surface area contributed by atoms with E-state index in [0.717, 1.165) is 0 Å². The van der Waals surface area contributed by atoms with Crippen molar-refractivity contribution in [3.63, 3.8) is 0 Å². The van der Waals surface area contributed by atoms with E-state index in [1.165, 1.54) is 10.9 Å². The zero-order chi connectivity index (χ0) is 17.2. The molecule has 0 radical (unpaired) electrons. The van der Waals surface area contributed by atoms with Crippen LogP contribution in [0.2, 0.25) is 0 Å². The summed E-state index contributed by atoms with van der Waals surface area (Å²) in [5.74, 6) is -0.379. The Morgan fingerprint density at radius 3 is 2.92 bits per heavy atom. The van der Waals surface area contributed by atoms with E-state index in [1.807, 2.05) is 0 Å². The third-order valence-corrected chi connectivity index (χ3v) is 3.67. The lowest BCUT2D eigenvalue weighted by atomic mass is 10.1. The fourth-order valence-corrected chi connectivity index (χ4v) is 2.58. The molecule has 1 amide bonds. The number of nitrogens with zero attached hydrogens (tertiary/aromatic N) is 3. The zero-order valence-corrected chi connectivity index (χ0v) is 12.6. The van der Waals surface area contributed by atoms with Gasteiger partial charge in [-0.05, 0) is 12.1 Å². The Balaban J connectivity index is 1.69. The third kappa shape index (κ3) is 3.40. The highest BCUT2D eigenvalue weighted by Crippen LogP contribution is 2.34. The van der Waals surface area contributed by atoms with E-state index in [9.17, 15) is 18.0 Å². The summed E-state index contributed by atoms with van der Waals surface area (Å²) in [6, 6.07) is 4.93. The number of carbonyl (C=O) groups excluding carboxylic acids is 1. The second-order valence-corrected chi connectivity index (χ2v) is 5.27. The second kappa shape index (κ2) is 6.60. The Bertz CT molecular complexity index is 728. The number of alkyl halides is 3. The van der Waals surface area contributed by atoms with E-state index in [0.29, 0.717) is 18.7 Å². The molecule has 0 saturated heterocycles. The SMILES string of the molecule is O=C(NCCn1nc(C(F)(F)F)c2c1CCOC2)c1ccccn1. The minimum absolute atomic E-state index is 0.0878. The van der Waals surface area contributed by atoms with Crippen LogP contribution in [0, 0.1) is 0 Å². The molecule has 0 saturated carbocycles. The van der Waals surface area contributed by atoms with Crippen LogP contribution in [0.25, 0.3) is 0 Å². The van der Waals surface area contributed by atoms with Gasteiger partial charge in [0.1, 0.15) is 5.69 Å². The molecule has 1 aliphatic heterocycles. The number of carbonyl (C=O) groups is 1. The van der Waals surface area contributed by atoms with Crippen molar-refractivity contribution in [2.45, 2.75) is 25.7 Å². The predicted octanol–water partition coefficient (Wildman–Crippen LogP) is 1.80. The number of nitrogens with one attached hydrogen (secondary N) is 1.